The van der Waals surface area contributed by atoms with Crippen molar-refractivity contribution in [2.75, 3.05) is 0 Å². The molecule has 3 aromatic rings. The van der Waals surface area contributed by atoms with Crippen LogP contribution in [0.5, 0.6) is 0 Å². The van der Waals surface area contributed by atoms with E-state index in [1.54, 1.807) is 0 Å². The lowest BCUT2D eigenvalue weighted by Gasteiger charge is -2.12. The first kappa shape index (κ1) is 12.2. The van der Waals surface area contributed by atoms with E-state index in [0.29, 0.717) is 5.92 Å². The molecule has 1 aromatic heterocycles. The number of hydrogen-bond donors (Lipinski definition) is 0. The molecule has 1 atom stereocenters. The van der Waals surface area contributed by atoms with Crippen LogP contribution in [0, 0.1) is 17.8 Å². The van der Waals surface area contributed by atoms with E-state index in [-0.39, 0.29) is 6.04 Å². The highest BCUT2D eigenvalue weighted by atomic mass is 15.4. The molecule has 0 aliphatic heterocycles. The van der Waals surface area contributed by atoms with Gasteiger partial charge in [0.25, 0.3) is 0 Å². The van der Waals surface area contributed by atoms with Crippen molar-refractivity contribution in [2.24, 2.45) is 5.92 Å². The molecule has 0 radical (unpaired) electrons. The fourth-order valence-corrected chi connectivity index (χ4v) is 2.42. The molecule has 0 spiro atoms. The summed E-state index contributed by atoms with van der Waals surface area (Å²) in [6.45, 7) is 0. The number of hydrogen-bond acceptors (Lipinski definition) is 2. The second-order valence-electron chi connectivity index (χ2n) is 5.40. The van der Waals surface area contributed by atoms with Gasteiger partial charge in [-0.15, -0.1) is 5.10 Å². The summed E-state index contributed by atoms with van der Waals surface area (Å²) in [6, 6.07) is 18.3. The van der Waals surface area contributed by atoms with Gasteiger partial charge in [0.1, 0.15) is 11.6 Å². The van der Waals surface area contributed by atoms with E-state index in [0.717, 1.165) is 16.6 Å². The molecule has 1 heterocycles. The Kier molecular flexibility index (Phi) is 2.93. The predicted octanol–water partition coefficient (Wildman–Crippen LogP) is 3.43. The second-order valence-corrected chi connectivity index (χ2v) is 5.40. The summed E-state index contributed by atoms with van der Waals surface area (Å²) >= 11 is 0. The van der Waals surface area contributed by atoms with Crippen LogP contribution in [-0.2, 0) is 0 Å². The fraction of sp³-hybridized carbons (Fsp3) is 0.222. The third-order valence-electron chi connectivity index (χ3n) is 3.74. The van der Waals surface area contributed by atoms with Crippen LogP contribution in [0.4, 0.5) is 0 Å². The van der Waals surface area contributed by atoms with Gasteiger partial charge in [0.15, 0.2) is 0 Å². The first-order valence-corrected chi connectivity index (χ1v) is 7.28. The summed E-state index contributed by atoms with van der Waals surface area (Å²) in [4.78, 5) is 0. The number of rotatable bonds is 2. The number of nitrogens with zero attached hydrogens (tertiary/aromatic N) is 3. The lowest BCUT2D eigenvalue weighted by atomic mass is 10.1. The minimum Gasteiger partial charge on any atom is -0.225 e. The second kappa shape index (κ2) is 5.06. The molecule has 1 aliphatic carbocycles. The summed E-state index contributed by atoms with van der Waals surface area (Å²) in [5.41, 5.74) is 3.09. The van der Waals surface area contributed by atoms with Crippen molar-refractivity contribution in [2.45, 2.75) is 18.9 Å². The van der Waals surface area contributed by atoms with Gasteiger partial charge in [0, 0.05) is 5.92 Å². The highest BCUT2D eigenvalue weighted by Crippen LogP contribution is 2.29. The normalized spacial score (nSPS) is 15.4. The van der Waals surface area contributed by atoms with E-state index in [1.807, 2.05) is 47.1 Å². The largest absolute Gasteiger partial charge is 0.225 e. The maximum absolute atomic E-state index is 4.33. The quantitative estimate of drug-likeness (QED) is 0.670. The Hall–Kier alpha value is -2.60. The topological polar surface area (TPSA) is 30.7 Å². The standard InChI is InChI=1S/C18H15N3/c1-2-6-15(7-3-1)17(13-12-14-10-11-14)21-18-9-5-4-8-16(18)19-20-21/h1-9,14,17H,10-11H2. The van der Waals surface area contributed by atoms with Gasteiger partial charge in [-0.1, -0.05) is 59.5 Å². The van der Waals surface area contributed by atoms with Crippen LogP contribution in [0.3, 0.4) is 0 Å². The van der Waals surface area contributed by atoms with Crippen LogP contribution < -0.4 is 0 Å². The molecule has 2 aromatic carbocycles. The Morgan fingerprint density at radius 2 is 1.76 bits per heavy atom. The molecule has 0 saturated heterocycles. The molecule has 1 aliphatic rings. The van der Waals surface area contributed by atoms with Gasteiger partial charge >= 0.3 is 0 Å². The van der Waals surface area contributed by atoms with E-state index < -0.39 is 0 Å². The van der Waals surface area contributed by atoms with E-state index >= 15 is 0 Å². The SMILES string of the molecule is C(#CC(c1ccccc1)n1nnc2ccccc21)C1CC1. The van der Waals surface area contributed by atoms with Crippen LogP contribution in [0.15, 0.2) is 54.6 Å². The molecule has 1 unspecified atom stereocenters. The minimum atomic E-state index is -0.0702. The van der Waals surface area contributed by atoms with E-state index in [4.69, 9.17) is 0 Å². The van der Waals surface area contributed by atoms with Crippen LogP contribution in [0.2, 0.25) is 0 Å². The Morgan fingerprint density at radius 1 is 1.00 bits per heavy atom. The van der Waals surface area contributed by atoms with Crippen LogP contribution >= 0.6 is 0 Å². The maximum atomic E-state index is 4.33. The molecule has 1 saturated carbocycles. The van der Waals surface area contributed by atoms with Gasteiger partial charge in [0.2, 0.25) is 0 Å². The monoisotopic (exact) mass is 273 g/mol. The summed E-state index contributed by atoms with van der Waals surface area (Å²) in [5.74, 6) is 7.35. The minimum absolute atomic E-state index is 0.0702. The molecular weight excluding hydrogens is 258 g/mol. The molecule has 0 bridgehead atoms. The Bertz CT molecular complexity index is 820. The summed E-state index contributed by atoms with van der Waals surface area (Å²) in [5, 5.41) is 8.59. The van der Waals surface area contributed by atoms with Gasteiger partial charge in [0.05, 0.1) is 5.52 Å². The molecule has 102 valence electrons. The zero-order valence-corrected chi connectivity index (χ0v) is 11.6. The molecule has 4 rings (SSSR count). The zero-order chi connectivity index (χ0) is 14.1. The molecule has 21 heavy (non-hydrogen) atoms. The summed E-state index contributed by atoms with van der Waals surface area (Å²) < 4.78 is 1.93. The lowest BCUT2D eigenvalue weighted by Crippen LogP contribution is -2.10. The van der Waals surface area contributed by atoms with Crippen LogP contribution in [0.1, 0.15) is 24.4 Å². The molecule has 0 amide bonds. The van der Waals surface area contributed by atoms with Gasteiger partial charge in [-0.3, -0.25) is 0 Å². The number of aromatic nitrogens is 3. The number of fused-ring (bicyclic) bond motifs is 1. The predicted molar refractivity (Wildman–Crippen MR) is 82.6 cm³/mol. The van der Waals surface area contributed by atoms with Crippen molar-refractivity contribution in [3.8, 4) is 11.8 Å². The smallest absolute Gasteiger partial charge is 0.140 e. The van der Waals surface area contributed by atoms with Gasteiger partial charge in [-0.2, -0.15) is 0 Å². The van der Waals surface area contributed by atoms with Crippen molar-refractivity contribution in [1.29, 1.82) is 0 Å². The molecule has 1 fully saturated rings. The molecule has 3 heteroatoms. The summed E-state index contributed by atoms with van der Waals surface area (Å²) in [6.07, 6.45) is 2.46. The van der Waals surface area contributed by atoms with Gasteiger partial charge in [-0.05, 0) is 30.5 Å². The fourth-order valence-electron chi connectivity index (χ4n) is 2.42. The first-order chi connectivity index (χ1) is 10.4. The van der Waals surface area contributed by atoms with Crippen LogP contribution in [-0.4, -0.2) is 15.0 Å². The van der Waals surface area contributed by atoms with Crippen molar-refractivity contribution >= 4 is 11.0 Å². The van der Waals surface area contributed by atoms with Gasteiger partial charge < -0.3 is 0 Å². The van der Waals surface area contributed by atoms with E-state index in [1.165, 1.54) is 12.8 Å². The highest BCUT2D eigenvalue weighted by molar-refractivity contribution is 5.74. The van der Waals surface area contributed by atoms with E-state index in [9.17, 15) is 0 Å². The first-order valence-electron chi connectivity index (χ1n) is 7.28. The Morgan fingerprint density at radius 3 is 2.57 bits per heavy atom. The van der Waals surface area contributed by atoms with Crippen molar-refractivity contribution < 1.29 is 0 Å². The Balaban J connectivity index is 1.84. The maximum Gasteiger partial charge on any atom is 0.140 e. The lowest BCUT2D eigenvalue weighted by molar-refractivity contribution is 0.616. The molecular formula is C18H15N3. The average Bonchev–Trinajstić information content (AvgIpc) is 3.28. The third-order valence-corrected chi connectivity index (χ3v) is 3.74. The van der Waals surface area contributed by atoms with Crippen molar-refractivity contribution in [3.05, 3.63) is 60.2 Å². The third kappa shape index (κ3) is 2.41. The molecule has 3 nitrogen and oxygen atoms in total. The number of para-hydroxylation sites is 1. The zero-order valence-electron chi connectivity index (χ0n) is 11.6. The van der Waals surface area contributed by atoms with Gasteiger partial charge in [-0.25, -0.2) is 4.68 Å². The highest BCUT2D eigenvalue weighted by Gasteiger charge is 2.20. The van der Waals surface area contributed by atoms with Crippen molar-refractivity contribution in [3.63, 3.8) is 0 Å². The van der Waals surface area contributed by atoms with Crippen molar-refractivity contribution in [1.82, 2.24) is 15.0 Å². The van der Waals surface area contributed by atoms with Crippen LogP contribution in [0.25, 0.3) is 11.0 Å². The summed E-state index contributed by atoms with van der Waals surface area (Å²) in [7, 11) is 0. The molecule has 0 N–H and O–H groups in total. The van der Waals surface area contributed by atoms with E-state index in [2.05, 4.69) is 34.3 Å². The Labute approximate surface area is 123 Å². The number of benzene rings is 2. The average molecular weight is 273 g/mol.